The number of thiophene rings is 1. The van der Waals surface area contributed by atoms with Crippen LogP contribution in [0.5, 0.6) is 0 Å². The molecule has 1 heterocycles. The fraction of sp³-hybridized carbons (Fsp3) is 0.643. The van der Waals surface area contributed by atoms with Crippen molar-refractivity contribution in [3.05, 3.63) is 21.4 Å². The number of aryl methyl sites for hydroxylation is 1. The molecule has 0 unspecified atom stereocenters. The zero-order valence-corrected chi connectivity index (χ0v) is 11.9. The molecule has 18 heavy (non-hydrogen) atoms. The summed E-state index contributed by atoms with van der Waals surface area (Å²) >= 11 is 1.66. The summed E-state index contributed by atoms with van der Waals surface area (Å²) in [6.07, 6.45) is 4.80. The van der Waals surface area contributed by atoms with Gasteiger partial charge in [0.1, 0.15) is 0 Å². The van der Waals surface area contributed by atoms with Crippen LogP contribution in [0.2, 0.25) is 0 Å². The molecular weight excluding hydrogens is 246 g/mol. The smallest absolute Gasteiger partial charge is 0.261 e. The summed E-state index contributed by atoms with van der Waals surface area (Å²) in [5.74, 6) is 0.844. The second-order valence-electron chi connectivity index (χ2n) is 4.82. The monoisotopic (exact) mass is 267 g/mol. The average Bonchev–Trinajstić information content (AvgIpc) is 2.81. The number of amides is 1. The molecule has 1 aliphatic rings. The van der Waals surface area contributed by atoms with Crippen LogP contribution in [0.25, 0.3) is 0 Å². The fourth-order valence-electron chi connectivity index (χ4n) is 2.41. The number of carbonyl (C=O) groups is 1. The fourth-order valence-corrected chi connectivity index (χ4v) is 3.54. The predicted molar refractivity (Wildman–Crippen MR) is 74.3 cm³/mol. The van der Waals surface area contributed by atoms with Gasteiger partial charge in [0.05, 0.1) is 11.5 Å². The van der Waals surface area contributed by atoms with Crippen LogP contribution in [-0.2, 0) is 17.6 Å². The van der Waals surface area contributed by atoms with E-state index >= 15 is 0 Å². The lowest BCUT2D eigenvalue weighted by molar-refractivity contribution is 0.0941. The molecule has 1 atom stereocenters. The number of methoxy groups -OCH3 is 1. The average molecular weight is 267 g/mol. The Morgan fingerprint density at radius 3 is 3.17 bits per heavy atom. The first-order valence-electron chi connectivity index (χ1n) is 6.63. The van der Waals surface area contributed by atoms with Crippen molar-refractivity contribution in [3.63, 3.8) is 0 Å². The summed E-state index contributed by atoms with van der Waals surface area (Å²) in [5, 5.41) is 2.88. The van der Waals surface area contributed by atoms with Crippen molar-refractivity contribution < 1.29 is 9.53 Å². The number of nitrogens with one attached hydrogen (secondary N) is 1. The number of ether oxygens (including phenoxy) is 1. The van der Waals surface area contributed by atoms with Gasteiger partial charge in [-0.25, -0.2) is 0 Å². The van der Waals surface area contributed by atoms with Gasteiger partial charge in [-0.2, -0.15) is 0 Å². The molecular formula is C14H21NO2S. The Morgan fingerprint density at radius 2 is 2.44 bits per heavy atom. The van der Waals surface area contributed by atoms with E-state index in [1.807, 2.05) is 0 Å². The third kappa shape index (κ3) is 3.12. The van der Waals surface area contributed by atoms with Crippen molar-refractivity contribution in [3.8, 4) is 0 Å². The Kier molecular flexibility index (Phi) is 4.78. The highest BCUT2D eigenvalue weighted by Gasteiger charge is 2.21. The highest BCUT2D eigenvalue weighted by atomic mass is 32.1. The number of hydrogen-bond acceptors (Lipinski definition) is 3. The normalized spacial score (nSPS) is 18.4. The molecule has 0 aromatic carbocycles. The van der Waals surface area contributed by atoms with Gasteiger partial charge in [0.2, 0.25) is 0 Å². The third-order valence-corrected chi connectivity index (χ3v) is 4.81. The molecule has 1 aromatic rings. The first-order chi connectivity index (χ1) is 8.74. The molecule has 1 amide bonds. The molecule has 0 fully saturated rings. The summed E-state index contributed by atoms with van der Waals surface area (Å²) in [6.45, 7) is 3.39. The van der Waals surface area contributed by atoms with Gasteiger partial charge in [-0.3, -0.25) is 4.79 Å². The Labute approximate surface area is 113 Å². The van der Waals surface area contributed by atoms with Crippen molar-refractivity contribution in [2.24, 2.45) is 5.92 Å². The standard InChI is InChI=1S/C14H21NO2S/c1-3-10-4-5-12-11(8-10)9-13(18-12)14(16)15-6-7-17-2/h9-10H,3-8H2,1-2H3,(H,15,16)/t10-/m0/s1. The van der Waals surface area contributed by atoms with E-state index in [0.717, 1.165) is 23.6 Å². The van der Waals surface area contributed by atoms with Gasteiger partial charge in [-0.1, -0.05) is 13.3 Å². The van der Waals surface area contributed by atoms with Crippen molar-refractivity contribution in [1.29, 1.82) is 0 Å². The lowest BCUT2D eigenvalue weighted by Gasteiger charge is -2.19. The van der Waals surface area contributed by atoms with E-state index in [1.54, 1.807) is 18.4 Å². The molecule has 4 heteroatoms. The third-order valence-electron chi connectivity index (χ3n) is 3.58. The van der Waals surface area contributed by atoms with Gasteiger partial charge < -0.3 is 10.1 Å². The molecule has 0 saturated heterocycles. The summed E-state index contributed by atoms with van der Waals surface area (Å²) in [4.78, 5) is 14.2. The predicted octanol–water partition coefficient (Wildman–Crippen LogP) is 2.64. The molecule has 0 bridgehead atoms. The van der Waals surface area contributed by atoms with Gasteiger partial charge in [-0.05, 0) is 36.8 Å². The molecule has 1 N–H and O–H groups in total. The second-order valence-corrected chi connectivity index (χ2v) is 5.96. The van der Waals surface area contributed by atoms with E-state index in [4.69, 9.17) is 4.74 Å². The zero-order valence-electron chi connectivity index (χ0n) is 11.1. The Morgan fingerprint density at radius 1 is 1.61 bits per heavy atom. The Bertz CT molecular complexity index is 414. The van der Waals surface area contributed by atoms with Crippen LogP contribution >= 0.6 is 11.3 Å². The molecule has 1 aromatic heterocycles. The van der Waals surface area contributed by atoms with Gasteiger partial charge >= 0.3 is 0 Å². The maximum atomic E-state index is 11.9. The van der Waals surface area contributed by atoms with Gasteiger partial charge in [0, 0.05) is 18.5 Å². The van der Waals surface area contributed by atoms with Crippen LogP contribution in [0.4, 0.5) is 0 Å². The van der Waals surface area contributed by atoms with E-state index in [-0.39, 0.29) is 5.91 Å². The Balaban J connectivity index is 1.99. The number of fused-ring (bicyclic) bond motifs is 1. The quantitative estimate of drug-likeness (QED) is 0.833. The highest BCUT2D eigenvalue weighted by Crippen LogP contribution is 2.33. The summed E-state index contributed by atoms with van der Waals surface area (Å²) in [7, 11) is 1.64. The van der Waals surface area contributed by atoms with Gasteiger partial charge in [-0.15, -0.1) is 11.3 Å². The molecule has 100 valence electrons. The number of carbonyl (C=O) groups excluding carboxylic acids is 1. The largest absolute Gasteiger partial charge is 0.383 e. The second kappa shape index (κ2) is 6.34. The van der Waals surface area contributed by atoms with Crippen molar-refractivity contribution in [2.45, 2.75) is 32.6 Å². The molecule has 0 aliphatic heterocycles. The lowest BCUT2D eigenvalue weighted by atomic mass is 9.87. The van der Waals surface area contributed by atoms with Crippen LogP contribution in [0.15, 0.2) is 6.07 Å². The maximum absolute atomic E-state index is 11.9. The van der Waals surface area contributed by atoms with Crippen molar-refractivity contribution >= 4 is 17.2 Å². The minimum Gasteiger partial charge on any atom is -0.383 e. The van der Waals surface area contributed by atoms with Crippen molar-refractivity contribution in [2.75, 3.05) is 20.3 Å². The minimum absolute atomic E-state index is 0.0412. The zero-order chi connectivity index (χ0) is 13.0. The van der Waals surface area contributed by atoms with Crippen LogP contribution in [0, 0.1) is 5.92 Å². The lowest BCUT2D eigenvalue weighted by Crippen LogP contribution is -2.26. The maximum Gasteiger partial charge on any atom is 0.261 e. The number of hydrogen-bond donors (Lipinski definition) is 1. The van der Waals surface area contributed by atoms with E-state index in [2.05, 4.69) is 18.3 Å². The molecule has 2 rings (SSSR count). The number of rotatable bonds is 5. The summed E-state index contributed by atoms with van der Waals surface area (Å²) in [6, 6.07) is 2.09. The van der Waals surface area contributed by atoms with E-state index < -0.39 is 0 Å². The molecule has 3 nitrogen and oxygen atoms in total. The Hall–Kier alpha value is -0.870. The van der Waals surface area contributed by atoms with Crippen LogP contribution in [0.3, 0.4) is 0 Å². The summed E-state index contributed by atoms with van der Waals surface area (Å²) < 4.78 is 4.93. The molecule has 0 saturated carbocycles. The molecule has 0 spiro atoms. The van der Waals surface area contributed by atoms with E-state index in [1.165, 1.54) is 23.3 Å². The highest BCUT2D eigenvalue weighted by molar-refractivity contribution is 7.14. The van der Waals surface area contributed by atoms with Crippen LogP contribution in [0.1, 0.15) is 39.9 Å². The first-order valence-corrected chi connectivity index (χ1v) is 7.45. The SMILES string of the molecule is CC[C@H]1CCc2sc(C(=O)NCCOC)cc2C1. The van der Waals surface area contributed by atoms with E-state index in [9.17, 15) is 4.79 Å². The van der Waals surface area contributed by atoms with Crippen LogP contribution < -0.4 is 5.32 Å². The minimum atomic E-state index is 0.0412. The topological polar surface area (TPSA) is 38.3 Å². The summed E-state index contributed by atoms with van der Waals surface area (Å²) in [5.41, 5.74) is 1.40. The van der Waals surface area contributed by atoms with Gasteiger partial charge in [0.15, 0.2) is 0 Å². The molecule has 1 aliphatic carbocycles. The van der Waals surface area contributed by atoms with Crippen LogP contribution in [-0.4, -0.2) is 26.2 Å². The van der Waals surface area contributed by atoms with Gasteiger partial charge in [0.25, 0.3) is 5.91 Å². The van der Waals surface area contributed by atoms with Crippen molar-refractivity contribution in [1.82, 2.24) is 5.32 Å². The molecule has 0 radical (unpaired) electrons. The van der Waals surface area contributed by atoms with E-state index in [0.29, 0.717) is 13.2 Å². The first kappa shape index (κ1) is 13.6.